The van der Waals surface area contributed by atoms with Gasteiger partial charge in [0.1, 0.15) is 33.6 Å². The highest BCUT2D eigenvalue weighted by Crippen LogP contribution is 2.67. The zero-order valence-electron chi connectivity index (χ0n) is 72.3. The lowest BCUT2D eigenvalue weighted by Gasteiger charge is -2.61. The molecule has 111 heavy (non-hydrogen) atoms. The Bertz CT molecular complexity index is 3160. The van der Waals surface area contributed by atoms with Gasteiger partial charge in [0.15, 0.2) is 16.2 Å². The first-order valence-corrected chi connectivity index (χ1v) is 42.2. The number of alkyl halides is 9. The Labute approximate surface area is 659 Å². The molecule has 1 heterocycles. The topological polar surface area (TPSA) is 184 Å². The number of carbonyl (C=O) groups is 7. The summed E-state index contributed by atoms with van der Waals surface area (Å²) in [5.41, 5.74) is -11.5. The molecule has 1 saturated heterocycles. The number of fused-ring (bicyclic) bond motifs is 4. The Morgan fingerprint density at radius 2 is 0.730 bits per heavy atom. The SMILES string of the molecule is CCC(C)(C(=O)OC(C)(C)C)C(F)(F)F.CCC(C)(C(=O)OC(C)(C)C12CC3CC(CC(C3)C1)C2)C(F)(F)F.CCC(C)(C(=O)OC1(C)CC2CCC1C2)C(F)(F)F.CCC(C)(C)C(=O)OC(C)(C)C1COC(=O)C1.CCC(C)(C)C(=O)OC1(C)CC2CCC1C2.CCC(C)C(=O)OC(C)(C)C12CC3CC(CC(C3)C1)C2. The lowest BCUT2D eigenvalue weighted by atomic mass is 9.46. The molecule has 0 amide bonds. The smallest absolute Gasteiger partial charge is 0.404 e. The van der Waals surface area contributed by atoms with Crippen molar-refractivity contribution in [3.63, 3.8) is 0 Å². The minimum atomic E-state index is -4.59. The molecule has 12 aliphatic carbocycles. The van der Waals surface area contributed by atoms with E-state index in [1.807, 2.05) is 76.2 Å². The second-order valence-corrected chi connectivity index (χ2v) is 41.2. The fraction of sp³-hybridized carbons (Fsp3) is 0.920. The third-order valence-corrected chi connectivity index (χ3v) is 30.0. The molecule has 11 unspecified atom stereocenters. The molecule has 13 rings (SSSR count). The van der Waals surface area contributed by atoms with Crippen LogP contribution >= 0.6 is 0 Å². The highest BCUT2D eigenvalue weighted by atomic mass is 19.4. The molecule has 11 atom stereocenters. The average molecular weight is 1600 g/mol. The first-order chi connectivity index (χ1) is 50.4. The van der Waals surface area contributed by atoms with E-state index < -0.39 is 80.5 Å². The van der Waals surface area contributed by atoms with Gasteiger partial charge in [0, 0.05) is 16.7 Å². The fourth-order valence-corrected chi connectivity index (χ4v) is 20.3. The van der Waals surface area contributed by atoms with Crippen LogP contribution in [-0.2, 0) is 66.7 Å². The Balaban J connectivity index is 0.000000209. The van der Waals surface area contributed by atoms with E-state index in [9.17, 15) is 73.1 Å². The summed E-state index contributed by atoms with van der Waals surface area (Å²) < 4.78 is 155. The number of esters is 7. The predicted molar refractivity (Wildman–Crippen MR) is 407 cm³/mol. The minimum Gasteiger partial charge on any atom is -0.465 e. The van der Waals surface area contributed by atoms with Gasteiger partial charge in [0.2, 0.25) is 0 Å². The van der Waals surface area contributed by atoms with E-state index in [0.29, 0.717) is 49.0 Å². The van der Waals surface area contributed by atoms with E-state index in [-0.39, 0.29) is 88.3 Å². The number of cyclic esters (lactones) is 1. The largest absolute Gasteiger partial charge is 0.465 e. The van der Waals surface area contributed by atoms with Crippen molar-refractivity contribution in [2.75, 3.05) is 6.61 Å². The molecule has 12 bridgehead atoms. The van der Waals surface area contributed by atoms with E-state index >= 15 is 0 Å². The Hall–Kier alpha value is -4.34. The van der Waals surface area contributed by atoms with Crippen molar-refractivity contribution in [2.24, 2.45) is 109 Å². The normalized spacial score (nSPS) is 32.9. The molecule has 13 fully saturated rings. The first-order valence-electron chi connectivity index (χ1n) is 42.2. The first kappa shape index (κ1) is 95.5. The number of hydrogen-bond acceptors (Lipinski definition) is 14. The van der Waals surface area contributed by atoms with E-state index in [1.54, 1.807) is 6.92 Å². The van der Waals surface area contributed by atoms with Gasteiger partial charge in [-0.05, 0) is 351 Å². The van der Waals surface area contributed by atoms with Gasteiger partial charge in [-0.3, -0.25) is 33.6 Å². The zero-order valence-corrected chi connectivity index (χ0v) is 72.3. The van der Waals surface area contributed by atoms with Gasteiger partial charge in [-0.25, -0.2) is 0 Å². The van der Waals surface area contributed by atoms with Gasteiger partial charge in [0.05, 0.1) is 29.8 Å². The molecule has 13 aliphatic rings. The molecule has 14 nitrogen and oxygen atoms in total. The van der Waals surface area contributed by atoms with Gasteiger partial charge < -0.3 is 33.2 Å². The lowest BCUT2D eigenvalue weighted by molar-refractivity contribution is -0.250. The van der Waals surface area contributed by atoms with E-state index in [0.717, 1.165) is 109 Å². The van der Waals surface area contributed by atoms with Gasteiger partial charge in [-0.15, -0.1) is 0 Å². The van der Waals surface area contributed by atoms with Crippen LogP contribution in [0.2, 0.25) is 0 Å². The van der Waals surface area contributed by atoms with Crippen LogP contribution in [0.5, 0.6) is 0 Å². The second-order valence-electron chi connectivity index (χ2n) is 41.2. The van der Waals surface area contributed by atoms with E-state index in [2.05, 4.69) is 27.7 Å². The lowest BCUT2D eigenvalue weighted by Crippen LogP contribution is -2.58. The Kier molecular flexibility index (Phi) is 29.5. The molecule has 23 heteroatoms. The quantitative estimate of drug-likeness (QED) is 0.0637. The van der Waals surface area contributed by atoms with Crippen LogP contribution in [0.15, 0.2) is 0 Å². The third kappa shape index (κ3) is 21.3. The molecule has 0 aromatic heterocycles. The van der Waals surface area contributed by atoms with Crippen LogP contribution in [0.3, 0.4) is 0 Å². The minimum absolute atomic E-state index is 0.00763. The predicted octanol–water partition coefficient (Wildman–Crippen LogP) is 23.3. The van der Waals surface area contributed by atoms with Crippen molar-refractivity contribution in [3.8, 4) is 0 Å². The average Bonchev–Trinajstić information content (AvgIpc) is 1.64. The van der Waals surface area contributed by atoms with Gasteiger partial charge in [0.25, 0.3) is 0 Å². The highest BCUT2D eigenvalue weighted by Gasteiger charge is 2.65. The monoisotopic (exact) mass is 1600 g/mol. The van der Waals surface area contributed by atoms with Crippen LogP contribution in [0.1, 0.15) is 346 Å². The van der Waals surface area contributed by atoms with Crippen LogP contribution in [-0.4, -0.2) is 101 Å². The number of rotatable bonds is 20. The number of ether oxygens (including phenoxy) is 7. The summed E-state index contributed by atoms with van der Waals surface area (Å²) in [6, 6.07) is 0. The number of halogens is 9. The summed E-state index contributed by atoms with van der Waals surface area (Å²) in [5, 5.41) is 0. The van der Waals surface area contributed by atoms with Crippen molar-refractivity contribution in [1.82, 2.24) is 0 Å². The van der Waals surface area contributed by atoms with Crippen LogP contribution in [0.4, 0.5) is 39.5 Å². The van der Waals surface area contributed by atoms with Crippen molar-refractivity contribution >= 4 is 41.8 Å². The standard InChI is InChI=1S/C19H29F3O2.C18H30O2.C14H21F3O2.C14H24O2.C13H22O4.C10H17F3O2/c1-5-17(4,19(20,21)22)15(23)24-16(2,3)18-9-12-6-13(10-18)8-14(7-12)11-18;1-5-12(2)16(19)20-17(3,4)18-9-13-6-14(10-18)8-15(7-13)11-18;1-4-12(2,14(15,16)17)11(18)19-13(3)8-9-5-6-10(13)7-9;1-5-13(2,3)12(15)16-14(4)9-10-6-7-11(14)8-10;1-6-12(2,3)11(15)17-13(4,5)9-7-10(14)16-8-9;1-6-9(5,10(11,12)13)7(14)15-8(2,3)4/h12-14H,5-11H2,1-4H3;12-15H,5-11H2,1-4H3;9-10H,4-8H2,1-3H3;10-11H,5-9H2,1-4H3;9H,6-8H2,1-5H3;6H2,1-5H3. The summed E-state index contributed by atoms with van der Waals surface area (Å²) in [6.45, 7) is 43.2. The van der Waals surface area contributed by atoms with E-state index in [4.69, 9.17) is 33.2 Å². The molecule has 1 aliphatic heterocycles. The summed E-state index contributed by atoms with van der Waals surface area (Å²) >= 11 is 0. The molecule has 642 valence electrons. The highest BCUT2D eigenvalue weighted by molar-refractivity contribution is 5.80. The Morgan fingerprint density at radius 3 is 1.01 bits per heavy atom. The summed E-state index contributed by atoms with van der Waals surface area (Å²) in [5.74, 6) is 2.98. The number of hydrogen-bond donors (Lipinski definition) is 0. The summed E-state index contributed by atoms with van der Waals surface area (Å²) in [4.78, 5) is 83.4. The molecule has 0 spiro atoms. The fourth-order valence-electron chi connectivity index (χ4n) is 20.3. The van der Waals surface area contributed by atoms with Crippen LogP contribution in [0, 0.1) is 109 Å². The van der Waals surface area contributed by atoms with Gasteiger partial charge in [-0.2, -0.15) is 39.5 Å². The maximum atomic E-state index is 13.4. The van der Waals surface area contributed by atoms with Crippen LogP contribution in [0.25, 0.3) is 0 Å². The molecular formula is C88H143F9O14. The third-order valence-electron chi connectivity index (χ3n) is 30.0. The van der Waals surface area contributed by atoms with Crippen molar-refractivity contribution in [2.45, 2.75) is 399 Å². The molecule has 0 aromatic carbocycles. The van der Waals surface area contributed by atoms with Gasteiger partial charge >= 0.3 is 60.3 Å². The maximum absolute atomic E-state index is 13.4. The molecule has 0 N–H and O–H groups in total. The molecular weight excluding hydrogens is 1450 g/mol. The number of carbonyl (C=O) groups excluding carboxylic acids is 7. The van der Waals surface area contributed by atoms with Crippen molar-refractivity contribution in [3.05, 3.63) is 0 Å². The Morgan fingerprint density at radius 1 is 0.405 bits per heavy atom. The van der Waals surface area contributed by atoms with Crippen LogP contribution < -0.4 is 0 Å². The van der Waals surface area contributed by atoms with Gasteiger partial charge in [-0.1, -0.05) is 48.5 Å². The molecule has 12 saturated carbocycles. The van der Waals surface area contributed by atoms with E-state index in [1.165, 1.54) is 119 Å². The second kappa shape index (κ2) is 34.3. The zero-order chi connectivity index (χ0) is 84.7. The molecule has 0 radical (unpaired) electrons. The van der Waals surface area contributed by atoms with Crippen molar-refractivity contribution in [1.29, 1.82) is 0 Å². The summed E-state index contributed by atoms with van der Waals surface area (Å²) in [6.07, 6.45) is 11.8. The maximum Gasteiger partial charge on any atom is 0.404 e. The van der Waals surface area contributed by atoms with Crippen molar-refractivity contribution < 1.29 is 106 Å². The molecule has 0 aromatic rings. The summed E-state index contributed by atoms with van der Waals surface area (Å²) in [7, 11) is 0.